The minimum absolute atomic E-state index is 0.000746. The Labute approximate surface area is 109 Å². The molecule has 0 bridgehead atoms. The summed E-state index contributed by atoms with van der Waals surface area (Å²) in [5.41, 5.74) is 5.11. The average Bonchev–Trinajstić information content (AvgIpc) is 2.39. The molecule has 0 atom stereocenters. The smallest absolute Gasteiger partial charge is 0.270 e. The van der Waals surface area contributed by atoms with E-state index in [2.05, 4.69) is 5.32 Å². The zero-order valence-electron chi connectivity index (χ0n) is 10.3. The first kappa shape index (κ1) is 13.3. The molecular formula is C12H15N3O4. The third-order valence-corrected chi connectivity index (χ3v) is 3.02. The molecule has 0 unspecified atom stereocenters. The Morgan fingerprint density at radius 2 is 2.11 bits per heavy atom. The average molecular weight is 265 g/mol. The monoisotopic (exact) mass is 265 g/mol. The van der Waals surface area contributed by atoms with E-state index in [4.69, 9.17) is 10.5 Å². The van der Waals surface area contributed by atoms with Crippen molar-refractivity contribution in [2.24, 2.45) is 5.73 Å². The zero-order valence-corrected chi connectivity index (χ0v) is 10.3. The molecule has 1 heterocycles. The molecule has 0 aromatic heterocycles. The van der Waals surface area contributed by atoms with Crippen LogP contribution in [0, 0.1) is 10.1 Å². The van der Waals surface area contributed by atoms with Crippen molar-refractivity contribution in [2.75, 3.05) is 13.1 Å². The summed E-state index contributed by atoms with van der Waals surface area (Å²) in [5.74, 6) is -0.419. The first-order valence-electron chi connectivity index (χ1n) is 6.03. The molecule has 1 aliphatic heterocycles. The van der Waals surface area contributed by atoms with E-state index in [0.29, 0.717) is 5.75 Å². The zero-order chi connectivity index (χ0) is 13.8. The molecule has 1 aromatic rings. The van der Waals surface area contributed by atoms with E-state index in [9.17, 15) is 14.9 Å². The molecule has 7 nitrogen and oxygen atoms in total. The van der Waals surface area contributed by atoms with E-state index < -0.39 is 10.8 Å². The van der Waals surface area contributed by atoms with Gasteiger partial charge in [-0.1, -0.05) is 0 Å². The van der Waals surface area contributed by atoms with Crippen molar-refractivity contribution in [3.63, 3.8) is 0 Å². The number of ether oxygens (including phenoxy) is 1. The fourth-order valence-corrected chi connectivity index (χ4v) is 2.02. The van der Waals surface area contributed by atoms with E-state index in [-0.39, 0.29) is 17.4 Å². The third-order valence-electron chi connectivity index (χ3n) is 3.02. The van der Waals surface area contributed by atoms with Gasteiger partial charge in [0.1, 0.15) is 11.9 Å². The summed E-state index contributed by atoms with van der Waals surface area (Å²) in [6.45, 7) is 1.70. The summed E-state index contributed by atoms with van der Waals surface area (Å²) in [4.78, 5) is 21.5. The number of carbonyl (C=O) groups is 1. The number of carbonyl (C=O) groups excluding carboxylic acids is 1. The molecule has 3 N–H and O–H groups in total. The van der Waals surface area contributed by atoms with Gasteiger partial charge in [0.2, 0.25) is 0 Å². The van der Waals surface area contributed by atoms with Crippen molar-refractivity contribution in [2.45, 2.75) is 18.9 Å². The van der Waals surface area contributed by atoms with Crippen molar-refractivity contribution >= 4 is 11.6 Å². The molecule has 0 saturated carbocycles. The van der Waals surface area contributed by atoms with Crippen LogP contribution in [0.15, 0.2) is 18.2 Å². The van der Waals surface area contributed by atoms with Crippen molar-refractivity contribution < 1.29 is 14.5 Å². The van der Waals surface area contributed by atoms with E-state index in [0.717, 1.165) is 32.0 Å². The quantitative estimate of drug-likeness (QED) is 0.619. The third kappa shape index (κ3) is 3.19. The lowest BCUT2D eigenvalue weighted by molar-refractivity contribution is -0.384. The lowest BCUT2D eigenvalue weighted by Gasteiger charge is -2.24. The van der Waals surface area contributed by atoms with Crippen LogP contribution in [0.1, 0.15) is 23.2 Å². The summed E-state index contributed by atoms with van der Waals surface area (Å²) < 4.78 is 5.72. The largest absolute Gasteiger partial charge is 0.489 e. The van der Waals surface area contributed by atoms with Gasteiger partial charge in [-0.05, 0) is 32.0 Å². The van der Waals surface area contributed by atoms with Gasteiger partial charge in [0, 0.05) is 12.1 Å². The highest BCUT2D eigenvalue weighted by atomic mass is 16.6. The molecule has 0 radical (unpaired) electrons. The minimum atomic E-state index is -0.729. The number of nitro benzene ring substituents is 1. The number of rotatable bonds is 4. The van der Waals surface area contributed by atoms with E-state index >= 15 is 0 Å². The Morgan fingerprint density at radius 3 is 2.68 bits per heavy atom. The topological polar surface area (TPSA) is 107 Å². The van der Waals surface area contributed by atoms with Crippen LogP contribution in [0.3, 0.4) is 0 Å². The SMILES string of the molecule is NC(=O)c1cc([N+](=O)[O-])ccc1OC1CCNCC1. The molecule has 1 aliphatic rings. The molecule has 0 aliphatic carbocycles. The van der Waals surface area contributed by atoms with Crippen LogP contribution in [0.4, 0.5) is 5.69 Å². The fraction of sp³-hybridized carbons (Fsp3) is 0.417. The van der Waals surface area contributed by atoms with E-state index in [1.54, 1.807) is 0 Å². The van der Waals surface area contributed by atoms with Crippen LogP contribution in [-0.2, 0) is 0 Å². The Bertz CT molecular complexity index is 498. The van der Waals surface area contributed by atoms with Crippen LogP contribution >= 0.6 is 0 Å². The van der Waals surface area contributed by atoms with Crippen molar-refractivity contribution in [3.05, 3.63) is 33.9 Å². The first-order valence-corrected chi connectivity index (χ1v) is 6.03. The van der Waals surface area contributed by atoms with E-state index in [1.807, 2.05) is 0 Å². The van der Waals surface area contributed by atoms with Gasteiger partial charge in [-0.3, -0.25) is 14.9 Å². The van der Waals surface area contributed by atoms with Gasteiger partial charge in [0.15, 0.2) is 0 Å². The molecule has 7 heteroatoms. The Hall–Kier alpha value is -2.15. The maximum absolute atomic E-state index is 11.3. The number of piperidine rings is 1. The molecular weight excluding hydrogens is 250 g/mol. The van der Waals surface area contributed by atoms with Gasteiger partial charge < -0.3 is 15.8 Å². The van der Waals surface area contributed by atoms with Crippen LogP contribution in [0.2, 0.25) is 0 Å². The van der Waals surface area contributed by atoms with E-state index in [1.165, 1.54) is 12.1 Å². The maximum Gasteiger partial charge on any atom is 0.270 e. The van der Waals surface area contributed by atoms with Crippen molar-refractivity contribution in [1.29, 1.82) is 0 Å². The van der Waals surface area contributed by atoms with Crippen LogP contribution in [-0.4, -0.2) is 30.0 Å². The number of nitrogens with one attached hydrogen (secondary N) is 1. The van der Waals surface area contributed by atoms with Crippen LogP contribution in [0.5, 0.6) is 5.75 Å². The van der Waals surface area contributed by atoms with Gasteiger partial charge in [0.05, 0.1) is 10.5 Å². The number of amides is 1. The van der Waals surface area contributed by atoms with Gasteiger partial charge in [0.25, 0.3) is 11.6 Å². The molecule has 1 amide bonds. The molecule has 1 aromatic carbocycles. The predicted octanol–water partition coefficient (Wildman–Crippen LogP) is 0.824. The number of benzene rings is 1. The lowest BCUT2D eigenvalue weighted by Crippen LogP contribution is -2.34. The summed E-state index contributed by atoms with van der Waals surface area (Å²) in [5, 5.41) is 13.9. The number of nitrogens with two attached hydrogens (primary N) is 1. The Balaban J connectivity index is 2.23. The number of hydrogen-bond donors (Lipinski definition) is 2. The Kier molecular flexibility index (Phi) is 3.96. The summed E-state index contributed by atoms with van der Waals surface area (Å²) in [6.07, 6.45) is 1.66. The van der Waals surface area contributed by atoms with Gasteiger partial charge in [-0.2, -0.15) is 0 Å². The van der Waals surface area contributed by atoms with Crippen molar-refractivity contribution in [1.82, 2.24) is 5.32 Å². The second-order valence-corrected chi connectivity index (χ2v) is 4.37. The summed E-state index contributed by atoms with van der Waals surface area (Å²) in [7, 11) is 0. The normalized spacial score (nSPS) is 16.0. The standard InChI is InChI=1S/C12H15N3O4/c13-12(16)10-7-8(15(17)18)1-2-11(10)19-9-3-5-14-6-4-9/h1-2,7,9,14H,3-6H2,(H2,13,16). The molecule has 1 saturated heterocycles. The summed E-state index contributed by atoms with van der Waals surface area (Å²) in [6, 6.07) is 3.89. The number of nitro groups is 1. The van der Waals surface area contributed by atoms with Crippen LogP contribution < -0.4 is 15.8 Å². The number of hydrogen-bond acceptors (Lipinski definition) is 5. The highest BCUT2D eigenvalue weighted by Gasteiger charge is 2.20. The van der Waals surface area contributed by atoms with Crippen molar-refractivity contribution in [3.8, 4) is 5.75 Å². The maximum atomic E-state index is 11.3. The molecule has 2 rings (SSSR count). The molecule has 1 fully saturated rings. The Morgan fingerprint density at radius 1 is 1.42 bits per heavy atom. The molecule has 102 valence electrons. The molecule has 19 heavy (non-hydrogen) atoms. The second kappa shape index (κ2) is 5.66. The minimum Gasteiger partial charge on any atom is -0.489 e. The van der Waals surface area contributed by atoms with Crippen LogP contribution in [0.25, 0.3) is 0 Å². The number of non-ortho nitro benzene ring substituents is 1. The lowest BCUT2D eigenvalue weighted by atomic mass is 10.1. The fourth-order valence-electron chi connectivity index (χ4n) is 2.02. The number of primary amides is 1. The molecule has 0 spiro atoms. The predicted molar refractivity (Wildman–Crippen MR) is 68.1 cm³/mol. The highest BCUT2D eigenvalue weighted by molar-refractivity contribution is 5.96. The summed E-state index contributed by atoms with van der Waals surface area (Å²) >= 11 is 0. The van der Waals surface area contributed by atoms with Gasteiger partial charge in [-0.15, -0.1) is 0 Å². The first-order chi connectivity index (χ1) is 9.08. The number of nitrogens with zero attached hydrogens (tertiary/aromatic N) is 1. The van der Waals surface area contributed by atoms with Gasteiger partial charge in [-0.25, -0.2) is 0 Å². The second-order valence-electron chi connectivity index (χ2n) is 4.37. The van der Waals surface area contributed by atoms with Gasteiger partial charge >= 0.3 is 0 Å². The highest BCUT2D eigenvalue weighted by Crippen LogP contribution is 2.26.